The lowest BCUT2D eigenvalue weighted by molar-refractivity contribution is -0.385. The normalized spacial score (nSPS) is 10.4. The van der Waals surface area contributed by atoms with Crippen LogP contribution < -0.4 is 10.6 Å². The fourth-order valence-electron chi connectivity index (χ4n) is 1.79. The van der Waals surface area contributed by atoms with Crippen LogP contribution in [-0.4, -0.2) is 26.4 Å². The Morgan fingerprint density at radius 1 is 1.33 bits per heavy atom. The summed E-state index contributed by atoms with van der Waals surface area (Å²) in [5, 5.41) is 18.0. The number of nitrogens with one attached hydrogen (secondary N) is 2. The van der Waals surface area contributed by atoms with Gasteiger partial charge in [0.05, 0.1) is 11.5 Å². The van der Waals surface area contributed by atoms with Gasteiger partial charge in [-0.05, 0) is 20.8 Å². The highest BCUT2D eigenvalue weighted by atomic mass is 32.1. The van der Waals surface area contributed by atoms with Crippen LogP contribution in [0.4, 0.5) is 17.5 Å². The summed E-state index contributed by atoms with van der Waals surface area (Å²) in [5.74, 6) is 0.578. The lowest BCUT2D eigenvalue weighted by Crippen LogP contribution is -2.11. The molecule has 0 atom stereocenters. The maximum absolute atomic E-state index is 11.2. The highest BCUT2D eigenvalue weighted by Gasteiger charge is 2.22. The number of nitro groups is 1. The lowest BCUT2D eigenvalue weighted by atomic mass is 10.3. The van der Waals surface area contributed by atoms with Crippen LogP contribution in [0.2, 0.25) is 0 Å². The summed E-state index contributed by atoms with van der Waals surface area (Å²) in [6.45, 7) is 6.50. The van der Waals surface area contributed by atoms with E-state index >= 15 is 0 Å². The molecule has 2 aromatic rings. The Kier molecular flexibility index (Phi) is 4.63. The minimum absolute atomic E-state index is 0.107. The Labute approximate surface area is 125 Å². The fourth-order valence-corrected chi connectivity index (χ4v) is 2.52. The molecule has 0 aliphatic rings. The average molecular weight is 308 g/mol. The zero-order valence-electron chi connectivity index (χ0n) is 12.0. The van der Waals surface area contributed by atoms with Crippen molar-refractivity contribution in [1.29, 1.82) is 0 Å². The molecule has 0 aliphatic heterocycles. The predicted molar refractivity (Wildman–Crippen MR) is 81.8 cm³/mol. The van der Waals surface area contributed by atoms with E-state index in [0.29, 0.717) is 24.7 Å². The molecule has 0 fully saturated rings. The van der Waals surface area contributed by atoms with Crippen molar-refractivity contribution < 1.29 is 4.92 Å². The van der Waals surface area contributed by atoms with Crippen LogP contribution in [0.3, 0.4) is 0 Å². The molecular weight excluding hydrogens is 292 g/mol. The van der Waals surface area contributed by atoms with E-state index in [4.69, 9.17) is 0 Å². The van der Waals surface area contributed by atoms with Gasteiger partial charge in [-0.15, -0.1) is 11.3 Å². The van der Waals surface area contributed by atoms with E-state index < -0.39 is 4.92 Å². The van der Waals surface area contributed by atoms with Gasteiger partial charge in [0.1, 0.15) is 10.7 Å². The minimum atomic E-state index is -0.472. The van der Waals surface area contributed by atoms with Gasteiger partial charge in [-0.1, -0.05) is 0 Å². The molecule has 0 radical (unpaired) electrons. The van der Waals surface area contributed by atoms with Crippen LogP contribution in [0.1, 0.15) is 22.5 Å². The van der Waals surface area contributed by atoms with Crippen LogP contribution in [0.5, 0.6) is 0 Å². The molecule has 2 N–H and O–H groups in total. The summed E-state index contributed by atoms with van der Waals surface area (Å²) >= 11 is 1.54. The van der Waals surface area contributed by atoms with Gasteiger partial charge in [-0.3, -0.25) is 10.1 Å². The highest BCUT2D eigenvalue weighted by molar-refractivity contribution is 7.11. The van der Waals surface area contributed by atoms with Gasteiger partial charge in [0, 0.05) is 17.6 Å². The Morgan fingerprint density at radius 3 is 2.67 bits per heavy atom. The second-order valence-electron chi connectivity index (χ2n) is 4.34. The molecule has 0 amide bonds. The Bertz CT molecular complexity index is 657. The average Bonchev–Trinajstić information content (AvgIpc) is 2.81. The zero-order chi connectivity index (χ0) is 15.4. The second kappa shape index (κ2) is 6.44. The maximum atomic E-state index is 11.2. The van der Waals surface area contributed by atoms with E-state index in [1.165, 1.54) is 11.3 Å². The number of nitrogens with zero attached hydrogens (tertiary/aromatic N) is 4. The van der Waals surface area contributed by atoms with Crippen LogP contribution >= 0.6 is 11.3 Å². The topological polar surface area (TPSA) is 106 Å². The Balaban J connectivity index is 2.28. The summed E-state index contributed by atoms with van der Waals surface area (Å²) in [4.78, 5) is 24.3. The van der Waals surface area contributed by atoms with E-state index in [1.54, 1.807) is 13.1 Å². The first-order valence-corrected chi connectivity index (χ1v) is 7.25. The molecular formula is C12H16N6O2S. The summed E-state index contributed by atoms with van der Waals surface area (Å²) in [7, 11) is 0. The molecule has 9 heteroatoms. The zero-order valence-corrected chi connectivity index (χ0v) is 12.8. The van der Waals surface area contributed by atoms with E-state index in [-0.39, 0.29) is 11.5 Å². The fraction of sp³-hybridized carbons (Fsp3) is 0.417. The van der Waals surface area contributed by atoms with Crippen molar-refractivity contribution >= 4 is 28.8 Å². The Hall–Kier alpha value is -2.29. The van der Waals surface area contributed by atoms with Gasteiger partial charge in [0.25, 0.3) is 0 Å². The third-order valence-electron chi connectivity index (χ3n) is 2.65. The standard InChI is InChI=1S/C12H16N6O2S/c1-4-13-12-16-8(3)10(18(19)20)11(17-12)15-6-9-14-5-7(2)21-9/h5H,4,6H2,1-3H3,(H2,13,15,16,17). The van der Waals surface area contributed by atoms with Crippen LogP contribution in [0.25, 0.3) is 0 Å². The van der Waals surface area contributed by atoms with Crippen molar-refractivity contribution in [1.82, 2.24) is 15.0 Å². The molecule has 0 saturated carbocycles. The first kappa shape index (κ1) is 15.1. The van der Waals surface area contributed by atoms with Crippen molar-refractivity contribution in [2.24, 2.45) is 0 Å². The summed E-state index contributed by atoms with van der Waals surface area (Å²) < 4.78 is 0. The molecule has 112 valence electrons. The maximum Gasteiger partial charge on any atom is 0.332 e. The molecule has 2 rings (SSSR count). The van der Waals surface area contributed by atoms with E-state index in [1.807, 2.05) is 13.8 Å². The number of hydrogen-bond acceptors (Lipinski definition) is 8. The number of thiazole rings is 1. The SMILES string of the molecule is CCNc1nc(C)c([N+](=O)[O-])c(NCc2ncc(C)s2)n1. The molecule has 8 nitrogen and oxygen atoms in total. The van der Waals surface area contributed by atoms with Gasteiger partial charge in [0.15, 0.2) is 0 Å². The number of anilines is 2. The van der Waals surface area contributed by atoms with Gasteiger partial charge >= 0.3 is 5.69 Å². The molecule has 2 aromatic heterocycles. The van der Waals surface area contributed by atoms with E-state index in [0.717, 1.165) is 9.88 Å². The lowest BCUT2D eigenvalue weighted by Gasteiger charge is -2.09. The molecule has 0 aromatic carbocycles. The smallest absolute Gasteiger partial charge is 0.332 e. The molecule has 21 heavy (non-hydrogen) atoms. The number of rotatable bonds is 6. The number of aryl methyl sites for hydroxylation is 2. The van der Waals surface area contributed by atoms with E-state index in [9.17, 15) is 10.1 Å². The van der Waals surface area contributed by atoms with Gasteiger partial charge in [-0.25, -0.2) is 9.97 Å². The van der Waals surface area contributed by atoms with Gasteiger partial charge in [0.2, 0.25) is 11.8 Å². The predicted octanol–water partition coefficient (Wildman–Crippen LogP) is 2.50. The molecule has 0 spiro atoms. The minimum Gasteiger partial charge on any atom is -0.358 e. The molecule has 0 unspecified atom stereocenters. The van der Waals surface area contributed by atoms with Crippen molar-refractivity contribution in [3.8, 4) is 0 Å². The van der Waals surface area contributed by atoms with Crippen LogP contribution in [0.15, 0.2) is 6.20 Å². The third-order valence-corrected chi connectivity index (χ3v) is 3.56. The molecule has 0 bridgehead atoms. The monoisotopic (exact) mass is 308 g/mol. The van der Waals surface area contributed by atoms with Crippen LogP contribution in [0, 0.1) is 24.0 Å². The Morgan fingerprint density at radius 2 is 2.10 bits per heavy atom. The van der Waals surface area contributed by atoms with Crippen molar-refractivity contribution in [2.75, 3.05) is 17.2 Å². The number of hydrogen-bond donors (Lipinski definition) is 2. The van der Waals surface area contributed by atoms with Gasteiger partial charge in [-0.2, -0.15) is 4.98 Å². The largest absolute Gasteiger partial charge is 0.358 e. The molecule has 0 saturated heterocycles. The number of aromatic nitrogens is 3. The summed E-state index contributed by atoms with van der Waals surface area (Å²) in [5.41, 5.74) is 0.216. The first-order valence-electron chi connectivity index (χ1n) is 6.43. The van der Waals surface area contributed by atoms with Crippen molar-refractivity contribution in [2.45, 2.75) is 27.3 Å². The second-order valence-corrected chi connectivity index (χ2v) is 5.65. The van der Waals surface area contributed by atoms with Crippen molar-refractivity contribution in [3.05, 3.63) is 31.9 Å². The van der Waals surface area contributed by atoms with Gasteiger partial charge < -0.3 is 10.6 Å². The van der Waals surface area contributed by atoms with Crippen LogP contribution in [-0.2, 0) is 6.54 Å². The molecule has 2 heterocycles. The quantitative estimate of drug-likeness (QED) is 0.623. The third kappa shape index (κ3) is 3.63. The van der Waals surface area contributed by atoms with Crippen molar-refractivity contribution in [3.63, 3.8) is 0 Å². The van der Waals surface area contributed by atoms with E-state index in [2.05, 4.69) is 25.6 Å². The highest BCUT2D eigenvalue weighted by Crippen LogP contribution is 2.27. The summed E-state index contributed by atoms with van der Waals surface area (Å²) in [6, 6.07) is 0. The molecule has 0 aliphatic carbocycles. The summed E-state index contributed by atoms with van der Waals surface area (Å²) in [6.07, 6.45) is 1.77. The first-order chi connectivity index (χ1) is 10.0.